The van der Waals surface area contributed by atoms with Gasteiger partial charge < -0.3 is 0 Å². The minimum atomic E-state index is 0.603. The van der Waals surface area contributed by atoms with Crippen LogP contribution < -0.4 is 0 Å². The maximum Gasteiger partial charge on any atom is 0.0245 e. The van der Waals surface area contributed by atoms with Gasteiger partial charge >= 0.3 is 0 Å². The third kappa shape index (κ3) is 5.59. The van der Waals surface area contributed by atoms with Gasteiger partial charge in [-0.2, -0.15) is 0 Å². The summed E-state index contributed by atoms with van der Waals surface area (Å²) in [4.78, 5) is 0. The van der Waals surface area contributed by atoms with Crippen LogP contribution >= 0.6 is 0 Å². The molecule has 0 nitrogen and oxygen atoms in total. The van der Waals surface area contributed by atoms with Crippen molar-refractivity contribution in [3.05, 3.63) is 35.4 Å². The molecule has 0 radical (unpaired) electrons. The minimum Gasteiger partial charge on any atom is -0.0979 e. The van der Waals surface area contributed by atoms with Crippen LogP contribution in [0.1, 0.15) is 69.9 Å². The quantitative estimate of drug-likeness (QED) is 0.484. The molecule has 0 aliphatic carbocycles. The van der Waals surface area contributed by atoms with Gasteiger partial charge in [0.05, 0.1) is 0 Å². The van der Waals surface area contributed by atoms with Gasteiger partial charge in [0.25, 0.3) is 0 Å². The van der Waals surface area contributed by atoms with Gasteiger partial charge in [0.2, 0.25) is 0 Å². The molecule has 0 amide bonds. The van der Waals surface area contributed by atoms with Crippen molar-refractivity contribution in [3.8, 4) is 11.8 Å². The highest BCUT2D eigenvalue weighted by Crippen LogP contribution is 2.14. The molecule has 1 rings (SSSR count). The fraction of sp³-hybridized carbons (Fsp3) is 0.529. The average Bonchev–Trinajstić information content (AvgIpc) is 2.34. The standard InChI is InChI=1S/C17H24/c1-4-5-6-7-8-9-10-16-11-13-17(14-12-16)15(2)3/h11-15H,4-8H2,1-3H3. The van der Waals surface area contributed by atoms with Crippen LogP contribution in [0.5, 0.6) is 0 Å². The molecule has 92 valence electrons. The molecular formula is C17H24. The summed E-state index contributed by atoms with van der Waals surface area (Å²) in [6.45, 7) is 6.67. The van der Waals surface area contributed by atoms with Gasteiger partial charge in [-0.1, -0.05) is 64.0 Å². The van der Waals surface area contributed by atoms with Crippen molar-refractivity contribution in [3.63, 3.8) is 0 Å². The van der Waals surface area contributed by atoms with Crippen molar-refractivity contribution in [2.24, 2.45) is 0 Å². The van der Waals surface area contributed by atoms with Crippen molar-refractivity contribution in [2.45, 2.75) is 58.8 Å². The van der Waals surface area contributed by atoms with Crippen LogP contribution in [-0.4, -0.2) is 0 Å². The van der Waals surface area contributed by atoms with E-state index in [1.807, 2.05) is 0 Å². The molecule has 0 spiro atoms. The molecule has 0 atom stereocenters. The molecule has 0 saturated heterocycles. The normalized spacial score (nSPS) is 10.1. The highest BCUT2D eigenvalue weighted by molar-refractivity contribution is 5.36. The van der Waals surface area contributed by atoms with Crippen molar-refractivity contribution in [1.29, 1.82) is 0 Å². The van der Waals surface area contributed by atoms with Crippen LogP contribution in [0.4, 0.5) is 0 Å². The highest BCUT2D eigenvalue weighted by atomic mass is 14.0. The van der Waals surface area contributed by atoms with E-state index in [0.29, 0.717) is 5.92 Å². The number of unbranched alkanes of at least 4 members (excludes halogenated alkanes) is 4. The molecule has 0 aromatic heterocycles. The molecule has 0 aliphatic heterocycles. The summed E-state index contributed by atoms with van der Waals surface area (Å²) in [5.74, 6) is 7.10. The molecule has 1 aromatic rings. The van der Waals surface area contributed by atoms with Crippen molar-refractivity contribution in [2.75, 3.05) is 0 Å². The average molecular weight is 228 g/mol. The van der Waals surface area contributed by atoms with E-state index in [1.54, 1.807) is 0 Å². The molecular weight excluding hydrogens is 204 g/mol. The van der Waals surface area contributed by atoms with Crippen LogP contribution in [0.3, 0.4) is 0 Å². The van der Waals surface area contributed by atoms with E-state index < -0.39 is 0 Å². The monoisotopic (exact) mass is 228 g/mol. The van der Waals surface area contributed by atoms with Gasteiger partial charge in [-0.15, -0.1) is 0 Å². The third-order valence-electron chi connectivity index (χ3n) is 2.97. The summed E-state index contributed by atoms with van der Waals surface area (Å²) in [6.07, 6.45) is 6.23. The summed E-state index contributed by atoms with van der Waals surface area (Å²) in [6, 6.07) is 8.64. The zero-order valence-electron chi connectivity index (χ0n) is 11.4. The first-order chi connectivity index (χ1) is 8.24. The lowest BCUT2D eigenvalue weighted by molar-refractivity contribution is 0.679. The zero-order chi connectivity index (χ0) is 12.5. The second-order valence-corrected chi connectivity index (χ2v) is 4.89. The predicted octanol–water partition coefficient (Wildman–Crippen LogP) is 5.13. The lowest BCUT2D eigenvalue weighted by Gasteiger charge is -2.03. The van der Waals surface area contributed by atoms with Crippen molar-refractivity contribution >= 4 is 0 Å². The lowest BCUT2D eigenvalue weighted by atomic mass is 10.0. The van der Waals surface area contributed by atoms with Gasteiger partial charge in [0, 0.05) is 12.0 Å². The van der Waals surface area contributed by atoms with Gasteiger partial charge in [-0.3, -0.25) is 0 Å². The highest BCUT2D eigenvalue weighted by Gasteiger charge is 1.96. The Morgan fingerprint density at radius 1 is 1.00 bits per heavy atom. The number of rotatable bonds is 5. The summed E-state index contributed by atoms with van der Waals surface area (Å²) in [7, 11) is 0. The Labute approximate surface area is 106 Å². The fourth-order valence-corrected chi connectivity index (χ4v) is 1.76. The Bertz CT molecular complexity index is 359. The summed E-state index contributed by atoms with van der Waals surface area (Å²) in [5.41, 5.74) is 2.53. The van der Waals surface area contributed by atoms with E-state index in [9.17, 15) is 0 Å². The Morgan fingerprint density at radius 2 is 1.71 bits per heavy atom. The van der Waals surface area contributed by atoms with Gasteiger partial charge in [0.15, 0.2) is 0 Å². The van der Waals surface area contributed by atoms with Crippen LogP contribution in [0.2, 0.25) is 0 Å². The van der Waals surface area contributed by atoms with Gasteiger partial charge in [-0.25, -0.2) is 0 Å². The van der Waals surface area contributed by atoms with E-state index in [4.69, 9.17) is 0 Å². The summed E-state index contributed by atoms with van der Waals surface area (Å²) in [5, 5.41) is 0. The third-order valence-corrected chi connectivity index (χ3v) is 2.97. The Balaban J connectivity index is 2.38. The first kappa shape index (κ1) is 13.8. The molecule has 0 unspecified atom stereocenters. The van der Waals surface area contributed by atoms with Gasteiger partial charge in [-0.05, 0) is 30.0 Å². The molecule has 17 heavy (non-hydrogen) atoms. The smallest absolute Gasteiger partial charge is 0.0245 e. The van der Waals surface area contributed by atoms with E-state index in [1.165, 1.54) is 31.2 Å². The number of benzene rings is 1. The molecule has 0 saturated carbocycles. The molecule has 0 bridgehead atoms. The fourth-order valence-electron chi connectivity index (χ4n) is 1.76. The minimum absolute atomic E-state index is 0.603. The summed E-state index contributed by atoms with van der Waals surface area (Å²) >= 11 is 0. The molecule has 0 fully saturated rings. The Hall–Kier alpha value is -1.22. The molecule has 1 aromatic carbocycles. The lowest BCUT2D eigenvalue weighted by Crippen LogP contribution is -1.86. The molecule has 0 N–H and O–H groups in total. The molecule has 0 heteroatoms. The van der Waals surface area contributed by atoms with Crippen LogP contribution in [0.25, 0.3) is 0 Å². The topological polar surface area (TPSA) is 0 Å². The number of hydrogen-bond acceptors (Lipinski definition) is 0. The second kappa shape index (κ2) is 7.96. The van der Waals surface area contributed by atoms with Crippen LogP contribution in [0.15, 0.2) is 24.3 Å². The van der Waals surface area contributed by atoms with Crippen LogP contribution in [-0.2, 0) is 0 Å². The molecule has 0 aliphatic rings. The maximum absolute atomic E-state index is 3.26. The number of hydrogen-bond donors (Lipinski definition) is 0. The maximum atomic E-state index is 3.26. The van der Waals surface area contributed by atoms with E-state index in [2.05, 4.69) is 56.9 Å². The van der Waals surface area contributed by atoms with Crippen molar-refractivity contribution < 1.29 is 0 Å². The first-order valence-electron chi connectivity index (χ1n) is 6.83. The SMILES string of the molecule is CCCCCCC#Cc1ccc(C(C)C)cc1. The van der Waals surface area contributed by atoms with Crippen molar-refractivity contribution in [1.82, 2.24) is 0 Å². The van der Waals surface area contributed by atoms with E-state index in [-0.39, 0.29) is 0 Å². The first-order valence-corrected chi connectivity index (χ1v) is 6.83. The zero-order valence-corrected chi connectivity index (χ0v) is 11.4. The predicted molar refractivity (Wildman–Crippen MR) is 76.2 cm³/mol. The van der Waals surface area contributed by atoms with E-state index >= 15 is 0 Å². The molecule has 0 heterocycles. The van der Waals surface area contributed by atoms with Crippen LogP contribution in [0, 0.1) is 11.8 Å². The second-order valence-electron chi connectivity index (χ2n) is 4.89. The largest absolute Gasteiger partial charge is 0.0979 e. The Morgan fingerprint density at radius 3 is 2.29 bits per heavy atom. The van der Waals surface area contributed by atoms with E-state index in [0.717, 1.165) is 12.0 Å². The summed E-state index contributed by atoms with van der Waals surface area (Å²) < 4.78 is 0. The Kier molecular flexibility index (Phi) is 6.48. The van der Waals surface area contributed by atoms with Gasteiger partial charge in [0.1, 0.15) is 0 Å².